The van der Waals surface area contributed by atoms with E-state index in [1.165, 1.54) is 0 Å². The van der Waals surface area contributed by atoms with Crippen LogP contribution in [0.4, 0.5) is 13.2 Å². The molecule has 1 N–H and O–H groups in total. The van der Waals surface area contributed by atoms with E-state index in [2.05, 4.69) is 20.8 Å². The van der Waals surface area contributed by atoms with Crippen LogP contribution in [0.3, 0.4) is 0 Å². The molecule has 3 saturated carbocycles. The molecule has 1 nitrogen and oxygen atoms in total. The molecule has 0 saturated heterocycles. The summed E-state index contributed by atoms with van der Waals surface area (Å²) in [4.78, 5) is 0. The maximum atomic E-state index is 13.0. The van der Waals surface area contributed by atoms with Gasteiger partial charge >= 0.3 is 6.18 Å². The van der Waals surface area contributed by atoms with E-state index in [-0.39, 0.29) is 17.8 Å². The molecule has 3 aliphatic carbocycles. The summed E-state index contributed by atoms with van der Waals surface area (Å²) in [6.07, 6.45) is -1.58. The van der Waals surface area contributed by atoms with Gasteiger partial charge in [0.15, 0.2) is 5.60 Å². The molecule has 0 aromatic rings. The molecule has 0 heterocycles. The van der Waals surface area contributed by atoms with Gasteiger partial charge < -0.3 is 5.11 Å². The fourth-order valence-electron chi connectivity index (χ4n) is 6.46. The molecule has 4 heteroatoms. The van der Waals surface area contributed by atoms with Gasteiger partial charge in [-0.05, 0) is 73.5 Å². The Morgan fingerprint density at radius 1 is 1.24 bits per heavy atom. The van der Waals surface area contributed by atoms with Gasteiger partial charge in [-0.25, -0.2) is 0 Å². The third kappa shape index (κ3) is 2.00. The van der Waals surface area contributed by atoms with Gasteiger partial charge in [-0.15, -0.1) is 0 Å². The van der Waals surface area contributed by atoms with Crippen LogP contribution in [-0.4, -0.2) is 16.9 Å². The third-order valence-corrected chi connectivity index (χ3v) is 7.00. The predicted molar refractivity (Wildman–Crippen MR) is 75.5 cm³/mol. The second kappa shape index (κ2) is 4.39. The Kier molecular flexibility index (Phi) is 3.27. The molecular weight excluding hydrogens is 277 g/mol. The first-order valence-corrected chi connectivity index (χ1v) is 8.29. The van der Waals surface area contributed by atoms with Crippen LogP contribution >= 0.6 is 0 Å². The van der Waals surface area contributed by atoms with E-state index in [1.807, 2.05) is 0 Å². The fraction of sp³-hybridized carbons (Fsp3) is 1.00. The summed E-state index contributed by atoms with van der Waals surface area (Å²) in [6.45, 7) is 7.72. The van der Waals surface area contributed by atoms with Crippen LogP contribution in [0.2, 0.25) is 0 Å². The summed E-state index contributed by atoms with van der Waals surface area (Å²) >= 11 is 0. The largest absolute Gasteiger partial charge is 0.416 e. The van der Waals surface area contributed by atoms with E-state index >= 15 is 0 Å². The highest BCUT2D eigenvalue weighted by molar-refractivity contribution is 5.18. The van der Waals surface area contributed by atoms with Crippen molar-refractivity contribution in [1.29, 1.82) is 0 Å². The Bertz CT molecular complexity index is 428. The minimum Gasteiger partial charge on any atom is -0.381 e. The molecule has 3 fully saturated rings. The maximum absolute atomic E-state index is 13.0. The van der Waals surface area contributed by atoms with Crippen LogP contribution < -0.4 is 0 Å². The molecule has 7 atom stereocenters. The van der Waals surface area contributed by atoms with Crippen molar-refractivity contribution in [3.63, 3.8) is 0 Å². The zero-order valence-corrected chi connectivity index (χ0v) is 13.4. The lowest BCUT2D eigenvalue weighted by Crippen LogP contribution is -2.55. The standard InChI is InChI=1S/C17H27F3O/c1-9(2)13-11-5-12(8-15(4,21)17(18,19)20)16(7-11)6-10(3)14(13)16/h9-14,21H,5-8H2,1-4H3. The molecule has 0 amide bonds. The minimum atomic E-state index is -4.52. The summed E-state index contributed by atoms with van der Waals surface area (Å²) in [7, 11) is 0. The Morgan fingerprint density at radius 2 is 1.86 bits per heavy atom. The van der Waals surface area contributed by atoms with Gasteiger partial charge in [-0.3, -0.25) is 0 Å². The first kappa shape index (κ1) is 15.6. The zero-order valence-electron chi connectivity index (χ0n) is 13.4. The van der Waals surface area contributed by atoms with Gasteiger partial charge in [0.2, 0.25) is 0 Å². The van der Waals surface area contributed by atoms with E-state index in [0.29, 0.717) is 29.6 Å². The molecule has 1 spiro atoms. The van der Waals surface area contributed by atoms with Gasteiger partial charge in [0, 0.05) is 0 Å². The van der Waals surface area contributed by atoms with Crippen molar-refractivity contribution in [3.8, 4) is 0 Å². The molecule has 2 bridgehead atoms. The second-order valence-corrected chi connectivity index (χ2v) is 8.63. The predicted octanol–water partition coefficient (Wildman–Crippen LogP) is 4.64. The molecule has 0 aromatic carbocycles. The molecule has 0 aliphatic heterocycles. The Hall–Kier alpha value is -0.250. The van der Waals surface area contributed by atoms with Crippen LogP contribution in [-0.2, 0) is 0 Å². The SMILES string of the molecule is CC(C)C1C2CC(CC(C)(O)C(F)(F)F)C3(CC(C)C13)C2. The monoisotopic (exact) mass is 304 g/mol. The van der Waals surface area contributed by atoms with Crippen molar-refractivity contribution in [1.82, 2.24) is 0 Å². The van der Waals surface area contributed by atoms with Crippen molar-refractivity contribution >= 4 is 0 Å². The molecule has 7 unspecified atom stereocenters. The van der Waals surface area contributed by atoms with Crippen molar-refractivity contribution in [3.05, 3.63) is 0 Å². The molecule has 0 radical (unpaired) electrons. The van der Waals surface area contributed by atoms with Gasteiger partial charge in [-0.2, -0.15) is 13.2 Å². The molecule has 3 aliphatic rings. The summed E-state index contributed by atoms with van der Waals surface area (Å²) in [5.74, 6) is 3.16. The average Bonchev–Trinajstić information content (AvgIpc) is 2.76. The Balaban J connectivity index is 1.81. The lowest BCUT2D eigenvalue weighted by Gasteiger charge is -2.59. The van der Waals surface area contributed by atoms with E-state index in [9.17, 15) is 18.3 Å². The van der Waals surface area contributed by atoms with Crippen LogP contribution in [0.15, 0.2) is 0 Å². The van der Waals surface area contributed by atoms with Crippen molar-refractivity contribution in [2.24, 2.45) is 40.9 Å². The molecule has 0 aromatic heterocycles. The van der Waals surface area contributed by atoms with E-state index in [0.717, 1.165) is 26.2 Å². The van der Waals surface area contributed by atoms with Crippen LogP contribution in [0.25, 0.3) is 0 Å². The van der Waals surface area contributed by atoms with E-state index < -0.39 is 11.8 Å². The van der Waals surface area contributed by atoms with Crippen molar-refractivity contribution < 1.29 is 18.3 Å². The average molecular weight is 304 g/mol. The van der Waals surface area contributed by atoms with Crippen molar-refractivity contribution in [2.75, 3.05) is 0 Å². The minimum absolute atomic E-state index is 0.0512. The lowest BCUT2D eigenvalue weighted by molar-refractivity contribution is -0.265. The van der Waals surface area contributed by atoms with Crippen LogP contribution in [0.5, 0.6) is 0 Å². The van der Waals surface area contributed by atoms with Gasteiger partial charge in [0.1, 0.15) is 0 Å². The number of rotatable bonds is 3. The number of aliphatic hydroxyl groups is 1. The molecule has 3 rings (SSSR count). The van der Waals surface area contributed by atoms with E-state index in [1.54, 1.807) is 0 Å². The number of alkyl halides is 3. The van der Waals surface area contributed by atoms with Gasteiger partial charge in [-0.1, -0.05) is 20.8 Å². The summed E-state index contributed by atoms with van der Waals surface area (Å²) < 4.78 is 39.0. The zero-order chi connectivity index (χ0) is 15.8. The van der Waals surface area contributed by atoms with Crippen molar-refractivity contribution in [2.45, 2.75) is 65.2 Å². The first-order chi connectivity index (χ1) is 9.49. The Morgan fingerprint density at radius 3 is 2.33 bits per heavy atom. The topological polar surface area (TPSA) is 20.2 Å². The number of hydrogen-bond acceptors (Lipinski definition) is 1. The first-order valence-electron chi connectivity index (χ1n) is 8.29. The summed E-state index contributed by atoms with van der Waals surface area (Å²) in [5.41, 5.74) is -2.43. The third-order valence-electron chi connectivity index (χ3n) is 7.00. The molecule has 122 valence electrons. The van der Waals surface area contributed by atoms with Gasteiger partial charge in [0.25, 0.3) is 0 Å². The normalized spacial score (nSPS) is 48.1. The summed E-state index contributed by atoms with van der Waals surface area (Å²) in [5, 5.41) is 9.88. The lowest BCUT2D eigenvalue weighted by atomic mass is 9.46. The smallest absolute Gasteiger partial charge is 0.381 e. The number of fused-ring (bicyclic) bond motifs is 1. The molecular formula is C17H27F3O. The van der Waals surface area contributed by atoms with Crippen LogP contribution in [0.1, 0.15) is 53.4 Å². The fourth-order valence-corrected chi connectivity index (χ4v) is 6.46. The highest BCUT2D eigenvalue weighted by Gasteiger charge is 2.70. The molecule has 21 heavy (non-hydrogen) atoms. The number of hydrogen-bond donors (Lipinski definition) is 1. The highest BCUT2D eigenvalue weighted by Crippen LogP contribution is 2.76. The number of halogens is 3. The maximum Gasteiger partial charge on any atom is 0.416 e. The summed E-state index contributed by atoms with van der Waals surface area (Å²) in [6, 6.07) is 0. The van der Waals surface area contributed by atoms with E-state index in [4.69, 9.17) is 0 Å². The highest BCUT2D eigenvalue weighted by atomic mass is 19.4. The second-order valence-electron chi connectivity index (χ2n) is 8.63. The quantitative estimate of drug-likeness (QED) is 0.805. The van der Waals surface area contributed by atoms with Gasteiger partial charge in [0.05, 0.1) is 0 Å². The van der Waals surface area contributed by atoms with Crippen LogP contribution in [0, 0.1) is 40.9 Å². The Labute approximate surface area is 125 Å².